The molecule has 146 valence electrons. The summed E-state index contributed by atoms with van der Waals surface area (Å²) in [5.74, 6) is 0.704. The summed E-state index contributed by atoms with van der Waals surface area (Å²) in [7, 11) is -0.547. The van der Waals surface area contributed by atoms with Crippen LogP contribution >= 0.6 is 15.9 Å². The van der Waals surface area contributed by atoms with E-state index in [9.17, 15) is 8.42 Å². The predicted octanol–water partition coefficient (Wildman–Crippen LogP) is 2.52. The van der Waals surface area contributed by atoms with E-state index in [4.69, 9.17) is 0 Å². The van der Waals surface area contributed by atoms with Crippen LogP contribution in [0.5, 0.6) is 0 Å². The highest BCUT2D eigenvalue weighted by Gasteiger charge is 2.28. The van der Waals surface area contributed by atoms with Crippen molar-refractivity contribution >= 4 is 37.6 Å². The lowest BCUT2D eigenvalue weighted by Crippen LogP contribution is -2.47. The quantitative estimate of drug-likeness (QED) is 0.753. The third kappa shape index (κ3) is 4.68. The largest absolute Gasteiger partial charge is 0.355 e. The van der Waals surface area contributed by atoms with E-state index in [-0.39, 0.29) is 0 Å². The number of pyridine rings is 1. The summed E-state index contributed by atoms with van der Waals surface area (Å²) in [6.45, 7) is 4.23. The predicted molar refractivity (Wildman–Crippen MR) is 109 cm³/mol. The van der Waals surface area contributed by atoms with Crippen molar-refractivity contribution in [3.8, 4) is 0 Å². The van der Waals surface area contributed by atoms with E-state index in [1.54, 1.807) is 12.3 Å². The molecule has 0 aromatic carbocycles. The van der Waals surface area contributed by atoms with E-state index in [0.29, 0.717) is 17.5 Å². The summed E-state index contributed by atoms with van der Waals surface area (Å²) < 4.78 is 29.1. The first kappa shape index (κ1) is 19.9. The standard InChI is InChI=1S/C17H28BrN5O2S/c1-21(2)26(24,25)20-16-12-14(18)13-19-17(16)23-10-6-15(7-11-23)22-8-4-3-5-9-22/h12-13,15,20H,3-11H2,1-2H3. The van der Waals surface area contributed by atoms with Crippen LogP contribution in [0, 0.1) is 0 Å². The second-order valence-corrected chi connectivity index (χ2v) is 10.0. The summed E-state index contributed by atoms with van der Waals surface area (Å²) in [6.07, 6.45) is 7.89. The number of piperidine rings is 2. The number of nitrogens with one attached hydrogen (secondary N) is 1. The lowest BCUT2D eigenvalue weighted by molar-refractivity contribution is 0.141. The average Bonchev–Trinajstić information content (AvgIpc) is 2.62. The zero-order chi connectivity index (χ0) is 18.7. The van der Waals surface area contributed by atoms with E-state index in [2.05, 4.69) is 35.4 Å². The van der Waals surface area contributed by atoms with Gasteiger partial charge in [0.1, 0.15) is 0 Å². The highest BCUT2D eigenvalue weighted by Crippen LogP contribution is 2.31. The van der Waals surface area contributed by atoms with Crippen molar-refractivity contribution in [1.29, 1.82) is 0 Å². The van der Waals surface area contributed by atoms with Gasteiger partial charge >= 0.3 is 10.2 Å². The fraction of sp³-hybridized carbons (Fsp3) is 0.706. The van der Waals surface area contributed by atoms with Crippen molar-refractivity contribution in [3.05, 3.63) is 16.7 Å². The molecular formula is C17H28BrN5O2S. The monoisotopic (exact) mass is 445 g/mol. The number of likely N-dealkylation sites (tertiary alicyclic amines) is 1. The number of anilines is 2. The summed E-state index contributed by atoms with van der Waals surface area (Å²) in [6, 6.07) is 2.42. The van der Waals surface area contributed by atoms with Crippen LogP contribution in [0.1, 0.15) is 32.1 Å². The van der Waals surface area contributed by atoms with Crippen LogP contribution < -0.4 is 9.62 Å². The van der Waals surface area contributed by atoms with Crippen LogP contribution in [0.3, 0.4) is 0 Å². The first-order valence-electron chi connectivity index (χ1n) is 9.21. The van der Waals surface area contributed by atoms with Gasteiger partial charge in [0, 0.05) is 43.9 Å². The minimum Gasteiger partial charge on any atom is -0.355 e. The van der Waals surface area contributed by atoms with Gasteiger partial charge in [-0.05, 0) is 60.8 Å². The van der Waals surface area contributed by atoms with E-state index in [0.717, 1.165) is 30.4 Å². The van der Waals surface area contributed by atoms with Crippen LogP contribution in [-0.4, -0.2) is 68.9 Å². The van der Waals surface area contributed by atoms with Crippen LogP contribution in [0.4, 0.5) is 11.5 Å². The summed E-state index contributed by atoms with van der Waals surface area (Å²) in [5.41, 5.74) is 0.518. The van der Waals surface area contributed by atoms with Crippen molar-refractivity contribution < 1.29 is 8.42 Å². The molecule has 9 heteroatoms. The molecule has 0 unspecified atom stereocenters. The third-order valence-corrected chi connectivity index (χ3v) is 7.10. The first-order valence-corrected chi connectivity index (χ1v) is 11.4. The Morgan fingerprint density at radius 1 is 1.15 bits per heavy atom. The van der Waals surface area contributed by atoms with Crippen molar-refractivity contribution in [3.63, 3.8) is 0 Å². The Morgan fingerprint density at radius 3 is 2.42 bits per heavy atom. The summed E-state index contributed by atoms with van der Waals surface area (Å²) in [5, 5.41) is 0. The molecule has 0 atom stereocenters. The fourth-order valence-corrected chi connectivity index (χ4v) is 4.66. The Balaban J connectivity index is 1.71. The number of rotatable bonds is 5. The van der Waals surface area contributed by atoms with Crippen LogP contribution in [0.25, 0.3) is 0 Å². The highest BCUT2D eigenvalue weighted by molar-refractivity contribution is 9.10. The molecular weight excluding hydrogens is 418 g/mol. The molecule has 3 rings (SSSR count). The van der Waals surface area contributed by atoms with Crippen LogP contribution in [0.15, 0.2) is 16.7 Å². The molecule has 2 aliphatic heterocycles. The SMILES string of the molecule is CN(C)S(=O)(=O)Nc1cc(Br)cnc1N1CCC(N2CCCCC2)CC1. The molecule has 2 aliphatic rings. The van der Waals surface area contributed by atoms with Gasteiger partial charge in [-0.15, -0.1) is 0 Å². The number of halogens is 1. The molecule has 2 fully saturated rings. The van der Waals surface area contributed by atoms with Crippen molar-refractivity contribution in [1.82, 2.24) is 14.2 Å². The normalized spacial score (nSPS) is 20.5. The van der Waals surface area contributed by atoms with Gasteiger partial charge in [-0.1, -0.05) is 6.42 Å². The van der Waals surface area contributed by atoms with Gasteiger partial charge in [-0.3, -0.25) is 4.72 Å². The Bertz CT molecular complexity index is 714. The topological polar surface area (TPSA) is 68.8 Å². The van der Waals surface area contributed by atoms with E-state index in [1.807, 2.05) is 0 Å². The van der Waals surface area contributed by atoms with Crippen LogP contribution in [-0.2, 0) is 10.2 Å². The Kier molecular flexibility index (Phi) is 6.42. The fourth-order valence-electron chi connectivity index (χ4n) is 3.72. The van der Waals surface area contributed by atoms with Crippen molar-refractivity contribution in [2.24, 2.45) is 0 Å². The molecule has 7 nitrogen and oxygen atoms in total. The molecule has 1 aromatic rings. The smallest absolute Gasteiger partial charge is 0.301 e. The first-order chi connectivity index (χ1) is 12.4. The molecule has 0 spiro atoms. The Labute approximate surface area is 165 Å². The second kappa shape index (κ2) is 8.41. The zero-order valence-electron chi connectivity index (χ0n) is 15.5. The number of aromatic nitrogens is 1. The summed E-state index contributed by atoms with van der Waals surface area (Å²) >= 11 is 3.39. The average molecular weight is 446 g/mol. The van der Waals surface area contributed by atoms with E-state index < -0.39 is 10.2 Å². The Morgan fingerprint density at radius 2 is 1.81 bits per heavy atom. The van der Waals surface area contributed by atoms with Gasteiger partial charge in [0.25, 0.3) is 0 Å². The van der Waals surface area contributed by atoms with E-state index in [1.165, 1.54) is 50.8 Å². The Hall–Kier alpha value is -0.900. The maximum absolute atomic E-state index is 12.3. The molecule has 0 radical (unpaired) electrons. The molecule has 0 aliphatic carbocycles. The number of hydrogen-bond acceptors (Lipinski definition) is 5. The molecule has 1 N–H and O–H groups in total. The minimum atomic E-state index is -3.57. The van der Waals surface area contributed by atoms with Gasteiger partial charge in [0.05, 0.1) is 5.69 Å². The maximum atomic E-state index is 12.3. The maximum Gasteiger partial charge on any atom is 0.301 e. The van der Waals surface area contributed by atoms with E-state index >= 15 is 0 Å². The molecule has 26 heavy (non-hydrogen) atoms. The molecule has 3 heterocycles. The molecule has 0 amide bonds. The van der Waals surface area contributed by atoms with Gasteiger partial charge in [0.2, 0.25) is 0 Å². The van der Waals surface area contributed by atoms with Crippen molar-refractivity contribution in [2.45, 2.75) is 38.1 Å². The highest BCUT2D eigenvalue weighted by atomic mass is 79.9. The molecule has 0 bridgehead atoms. The van der Waals surface area contributed by atoms with Gasteiger partial charge < -0.3 is 9.80 Å². The lowest BCUT2D eigenvalue weighted by Gasteiger charge is -2.41. The van der Waals surface area contributed by atoms with Crippen LogP contribution in [0.2, 0.25) is 0 Å². The van der Waals surface area contributed by atoms with Gasteiger partial charge in [-0.2, -0.15) is 12.7 Å². The third-order valence-electron chi connectivity index (χ3n) is 5.22. The molecule has 0 saturated carbocycles. The van der Waals surface area contributed by atoms with Crippen molar-refractivity contribution in [2.75, 3.05) is 49.9 Å². The zero-order valence-corrected chi connectivity index (χ0v) is 17.9. The van der Waals surface area contributed by atoms with Gasteiger partial charge in [-0.25, -0.2) is 4.98 Å². The molecule has 1 aromatic heterocycles. The number of hydrogen-bond donors (Lipinski definition) is 1. The summed E-state index contributed by atoms with van der Waals surface area (Å²) in [4.78, 5) is 9.33. The number of nitrogens with zero attached hydrogens (tertiary/aromatic N) is 4. The lowest BCUT2D eigenvalue weighted by atomic mass is 10.00. The molecule has 2 saturated heterocycles. The second-order valence-electron chi connectivity index (χ2n) is 7.23. The van der Waals surface area contributed by atoms with Gasteiger partial charge in [0.15, 0.2) is 5.82 Å². The minimum absolute atomic E-state index is 0.518.